The molecule has 0 spiro atoms. The molecule has 0 saturated heterocycles. The zero-order valence-corrected chi connectivity index (χ0v) is 14.6. The Labute approximate surface area is 151 Å². The number of para-hydroxylation sites is 2. The summed E-state index contributed by atoms with van der Waals surface area (Å²) in [7, 11) is 0. The molecule has 6 nitrogen and oxygen atoms in total. The summed E-state index contributed by atoms with van der Waals surface area (Å²) in [5.74, 6) is 0.856. The number of nitrogens with zero attached hydrogens (tertiary/aromatic N) is 2. The molecule has 0 unspecified atom stereocenters. The van der Waals surface area contributed by atoms with Crippen molar-refractivity contribution < 1.29 is 9.59 Å². The molecule has 1 aliphatic rings. The molecule has 132 valence electrons. The molecule has 1 aliphatic heterocycles. The number of benzene rings is 2. The quantitative estimate of drug-likeness (QED) is 0.761. The highest BCUT2D eigenvalue weighted by atomic mass is 16.2. The molecule has 0 atom stereocenters. The summed E-state index contributed by atoms with van der Waals surface area (Å²) in [5.41, 5.74) is 4.47. The van der Waals surface area contributed by atoms with Gasteiger partial charge in [0.15, 0.2) is 0 Å². The van der Waals surface area contributed by atoms with Crippen LogP contribution in [0.1, 0.15) is 28.2 Å². The maximum absolute atomic E-state index is 12.4. The zero-order chi connectivity index (χ0) is 18.1. The Morgan fingerprint density at radius 3 is 2.96 bits per heavy atom. The van der Waals surface area contributed by atoms with Crippen LogP contribution in [0.4, 0.5) is 5.69 Å². The number of anilines is 1. The lowest BCUT2D eigenvalue weighted by atomic mass is 10.00. The minimum atomic E-state index is -0.105. The van der Waals surface area contributed by atoms with Gasteiger partial charge in [-0.15, -0.1) is 0 Å². The van der Waals surface area contributed by atoms with E-state index >= 15 is 0 Å². The van der Waals surface area contributed by atoms with E-state index in [4.69, 9.17) is 0 Å². The Morgan fingerprint density at radius 1 is 1.23 bits per heavy atom. The molecule has 6 heteroatoms. The molecule has 2 amide bonds. The highest BCUT2D eigenvalue weighted by Gasteiger charge is 2.16. The van der Waals surface area contributed by atoms with Gasteiger partial charge in [0, 0.05) is 30.8 Å². The van der Waals surface area contributed by atoms with E-state index in [2.05, 4.69) is 20.2 Å². The van der Waals surface area contributed by atoms with Crippen LogP contribution in [0.2, 0.25) is 0 Å². The summed E-state index contributed by atoms with van der Waals surface area (Å²) in [6.07, 6.45) is 1.13. The summed E-state index contributed by atoms with van der Waals surface area (Å²) in [4.78, 5) is 28.4. The first-order chi connectivity index (χ1) is 12.6. The third kappa shape index (κ3) is 3.06. The fraction of sp³-hybridized carbons (Fsp3) is 0.250. The number of rotatable bonds is 4. The number of hydrogen-bond donors (Lipinski definition) is 2. The molecule has 2 aromatic carbocycles. The van der Waals surface area contributed by atoms with Gasteiger partial charge in [-0.3, -0.25) is 9.59 Å². The van der Waals surface area contributed by atoms with Crippen LogP contribution < -0.4 is 10.6 Å². The minimum Gasteiger partial charge on any atom is -0.350 e. The number of fused-ring (bicyclic) bond motifs is 2. The van der Waals surface area contributed by atoms with Gasteiger partial charge in [0.25, 0.3) is 5.91 Å². The van der Waals surface area contributed by atoms with Gasteiger partial charge in [-0.2, -0.15) is 0 Å². The highest BCUT2D eigenvalue weighted by molar-refractivity contribution is 5.97. The lowest BCUT2D eigenvalue weighted by molar-refractivity contribution is -0.116. The third-order valence-corrected chi connectivity index (χ3v) is 4.73. The highest BCUT2D eigenvalue weighted by Crippen LogP contribution is 2.23. The van der Waals surface area contributed by atoms with Gasteiger partial charge < -0.3 is 15.2 Å². The van der Waals surface area contributed by atoms with Crippen LogP contribution in [-0.2, 0) is 17.8 Å². The molecule has 0 saturated carbocycles. The maximum Gasteiger partial charge on any atom is 0.251 e. The van der Waals surface area contributed by atoms with Crippen LogP contribution in [0, 0.1) is 6.92 Å². The normalized spacial score (nSPS) is 13.3. The second-order valence-corrected chi connectivity index (χ2v) is 6.48. The average Bonchev–Trinajstić information content (AvgIpc) is 2.96. The molecule has 0 bridgehead atoms. The molecule has 0 radical (unpaired) electrons. The van der Waals surface area contributed by atoms with Crippen LogP contribution in [0.5, 0.6) is 0 Å². The number of carbonyl (C=O) groups excluding carboxylic acids is 2. The van der Waals surface area contributed by atoms with Gasteiger partial charge in [-0.1, -0.05) is 12.1 Å². The van der Waals surface area contributed by atoms with Gasteiger partial charge in [0.05, 0.1) is 11.0 Å². The zero-order valence-electron chi connectivity index (χ0n) is 14.6. The lowest BCUT2D eigenvalue weighted by Crippen LogP contribution is -2.28. The van der Waals surface area contributed by atoms with Crippen molar-refractivity contribution in [3.05, 3.63) is 59.4 Å². The Bertz CT molecular complexity index is 1010. The average molecular weight is 348 g/mol. The Balaban J connectivity index is 1.43. The van der Waals surface area contributed by atoms with Crippen molar-refractivity contribution in [3.8, 4) is 0 Å². The molecule has 2 N–H and O–H groups in total. The van der Waals surface area contributed by atoms with E-state index in [1.165, 1.54) is 0 Å². The summed E-state index contributed by atoms with van der Waals surface area (Å²) >= 11 is 0. The Morgan fingerprint density at radius 2 is 2.08 bits per heavy atom. The number of aromatic nitrogens is 2. The largest absolute Gasteiger partial charge is 0.350 e. The minimum absolute atomic E-state index is 0.0256. The molecule has 4 rings (SSSR count). The number of imidazole rings is 1. The van der Waals surface area contributed by atoms with E-state index in [1.807, 2.05) is 37.3 Å². The van der Waals surface area contributed by atoms with Gasteiger partial charge >= 0.3 is 0 Å². The molecular weight excluding hydrogens is 328 g/mol. The molecular formula is C20H20N4O2. The van der Waals surface area contributed by atoms with Crippen molar-refractivity contribution in [2.45, 2.75) is 26.3 Å². The Hall–Kier alpha value is -3.15. The van der Waals surface area contributed by atoms with Gasteiger partial charge in [0.2, 0.25) is 5.91 Å². The van der Waals surface area contributed by atoms with E-state index in [0.29, 0.717) is 31.5 Å². The van der Waals surface area contributed by atoms with Gasteiger partial charge in [0.1, 0.15) is 5.82 Å². The fourth-order valence-electron chi connectivity index (χ4n) is 3.39. The van der Waals surface area contributed by atoms with Crippen molar-refractivity contribution >= 4 is 28.5 Å². The number of carbonyl (C=O) groups is 2. The molecule has 26 heavy (non-hydrogen) atoms. The predicted molar refractivity (Wildman–Crippen MR) is 100 cm³/mol. The SMILES string of the molecule is Cc1nc2ccccc2n1CCNC(=O)c1ccc2c(c1)CCC(=O)N2. The molecule has 3 aromatic rings. The van der Waals surface area contributed by atoms with Crippen LogP contribution in [-0.4, -0.2) is 27.9 Å². The molecule has 0 fully saturated rings. The van der Waals surface area contributed by atoms with Crippen molar-refractivity contribution in [2.75, 3.05) is 11.9 Å². The van der Waals surface area contributed by atoms with Crippen LogP contribution in [0.3, 0.4) is 0 Å². The van der Waals surface area contributed by atoms with E-state index < -0.39 is 0 Å². The second kappa shape index (κ2) is 6.63. The summed E-state index contributed by atoms with van der Waals surface area (Å²) in [5, 5.41) is 5.80. The standard InChI is InChI=1S/C20H20N4O2/c1-13-22-17-4-2-3-5-18(17)24(13)11-10-21-20(26)15-6-8-16-14(12-15)7-9-19(25)23-16/h2-6,8,12H,7,9-11H2,1H3,(H,21,26)(H,23,25). The summed E-state index contributed by atoms with van der Waals surface area (Å²) in [6, 6.07) is 13.4. The smallest absolute Gasteiger partial charge is 0.251 e. The van der Waals surface area contributed by atoms with Crippen LogP contribution in [0.15, 0.2) is 42.5 Å². The molecule has 1 aromatic heterocycles. The predicted octanol–water partition coefficient (Wildman–Crippen LogP) is 2.66. The first kappa shape index (κ1) is 16.3. The number of amides is 2. The monoisotopic (exact) mass is 348 g/mol. The fourth-order valence-corrected chi connectivity index (χ4v) is 3.39. The van der Waals surface area contributed by atoms with Crippen LogP contribution in [0.25, 0.3) is 11.0 Å². The van der Waals surface area contributed by atoms with Crippen LogP contribution >= 0.6 is 0 Å². The van der Waals surface area contributed by atoms with Gasteiger partial charge in [-0.25, -0.2) is 4.98 Å². The van der Waals surface area contributed by atoms with Crippen molar-refractivity contribution in [3.63, 3.8) is 0 Å². The van der Waals surface area contributed by atoms with Crippen molar-refractivity contribution in [1.29, 1.82) is 0 Å². The maximum atomic E-state index is 12.4. The van der Waals surface area contributed by atoms with Gasteiger partial charge in [-0.05, 0) is 49.2 Å². The third-order valence-electron chi connectivity index (χ3n) is 4.73. The van der Waals surface area contributed by atoms with E-state index in [1.54, 1.807) is 12.1 Å². The number of aryl methyl sites for hydroxylation is 2. The van der Waals surface area contributed by atoms with Crippen molar-refractivity contribution in [1.82, 2.24) is 14.9 Å². The second-order valence-electron chi connectivity index (χ2n) is 6.48. The topological polar surface area (TPSA) is 76.0 Å². The van der Waals surface area contributed by atoms with E-state index in [0.717, 1.165) is 28.1 Å². The van der Waals surface area contributed by atoms with Crippen molar-refractivity contribution in [2.24, 2.45) is 0 Å². The number of hydrogen-bond acceptors (Lipinski definition) is 3. The first-order valence-corrected chi connectivity index (χ1v) is 8.74. The Kier molecular flexibility index (Phi) is 4.16. The number of nitrogens with one attached hydrogen (secondary N) is 2. The molecule has 2 heterocycles. The van der Waals surface area contributed by atoms with E-state index in [9.17, 15) is 9.59 Å². The summed E-state index contributed by atoms with van der Waals surface area (Å²) in [6.45, 7) is 3.16. The summed E-state index contributed by atoms with van der Waals surface area (Å²) < 4.78 is 2.11. The molecule has 0 aliphatic carbocycles. The first-order valence-electron chi connectivity index (χ1n) is 8.74. The lowest BCUT2D eigenvalue weighted by Gasteiger charge is -2.17. The van der Waals surface area contributed by atoms with E-state index in [-0.39, 0.29) is 11.8 Å².